The standard InChI is InChI=1S/C22H36ClN3O3/c1-14(2)18(25-20(28)24-15(3)4)19(27)26-12-11-22(29,21(5,6)13-26)16-7-9-17(23)10-8-16/h7-10,14-15,18-19,27,29H,11-13H2,1-6H3,(H2,24,25,28)/t18-,19?,22+/m1/s1. The van der Waals surface area contributed by atoms with Gasteiger partial charge in [0.1, 0.15) is 6.23 Å². The quantitative estimate of drug-likeness (QED) is 0.563. The Hall–Kier alpha value is -1.34. The average Bonchev–Trinajstić information content (AvgIpc) is 2.61. The minimum Gasteiger partial charge on any atom is -0.385 e. The Morgan fingerprint density at radius 3 is 2.21 bits per heavy atom. The highest BCUT2D eigenvalue weighted by atomic mass is 35.5. The second kappa shape index (κ2) is 9.21. The van der Waals surface area contributed by atoms with E-state index in [1.165, 1.54) is 0 Å². The van der Waals surface area contributed by atoms with E-state index in [2.05, 4.69) is 10.6 Å². The molecule has 3 atom stereocenters. The van der Waals surface area contributed by atoms with Crippen LogP contribution < -0.4 is 10.6 Å². The van der Waals surface area contributed by atoms with Crippen molar-refractivity contribution in [3.05, 3.63) is 34.9 Å². The molecule has 0 radical (unpaired) electrons. The van der Waals surface area contributed by atoms with E-state index in [0.717, 1.165) is 5.56 Å². The third kappa shape index (κ3) is 5.43. The number of rotatable bonds is 6. The predicted molar refractivity (Wildman–Crippen MR) is 117 cm³/mol. The van der Waals surface area contributed by atoms with Crippen molar-refractivity contribution in [2.45, 2.75) is 71.9 Å². The molecule has 1 aliphatic rings. The van der Waals surface area contributed by atoms with Gasteiger partial charge in [0.25, 0.3) is 0 Å². The van der Waals surface area contributed by atoms with Crippen LogP contribution >= 0.6 is 11.6 Å². The van der Waals surface area contributed by atoms with Gasteiger partial charge in [-0.1, -0.05) is 51.4 Å². The Kier molecular flexibility index (Phi) is 7.60. The van der Waals surface area contributed by atoms with E-state index in [1.807, 2.05) is 58.6 Å². The van der Waals surface area contributed by atoms with Crippen LogP contribution in [0.4, 0.5) is 4.79 Å². The van der Waals surface area contributed by atoms with Crippen LogP contribution in [0, 0.1) is 11.3 Å². The minimum atomic E-state index is -1.02. The lowest BCUT2D eigenvalue weighted by atomic mass is 9.66. The van der Waals surface area contributed by atoms with Crippen molar-refractivity contribution in [2.24, 2.45) is 11.3 Å². The fourth-order valence-corrected chi connectivity index (χ4v) is 4.24. The number of aliphatic hydroxyl groups excluding tert-OH is 1. The Morgan fingerprint density at radius 2 is 1.72 bits per heavy atom. The lowest BCUT2D eigenvalue weighted by molar-refractivity contribution is -0.161. The molecule has 1 heterocycles. The summed E-state index contributed by atoms with van der Waals surface area (Å²) in [5.74, 6) is 0.0445. The van der Waals surface area contributed by atoms with Crippen molar-refractivity contribution < 1.29 is 15.0 Å². The first-order valence-electron chi connectivity index (χ1n) is 10.3. The number of carbonyl (C=O) groups excluding carboxylic acids is 1. The maximum Gasteiger partial charge on any atom is 0.315 e. The minimum absolute atomic E-state index is 0.0169. The molecular weight excluding hydrogens is 390 g/mol. The number of nitrogens with one attached hydrogen (secondary N) is 2. The van der Waals surface area contributed by atoms with Crippen LogP contribution in [0.3, 0.4) is 0 Å². The second-order valence-corrected chi connectivity index (χ2v) is 9.86. The van der Waals surface area contributed by atoms with Gasteiger partial charge in [0.2, 0.25) is 0 Å². The maximum atomic E-state index is 12.2. The molecule has 164 valence electrons. The molecule has 6 nitrogen and oxygen atoms in total. The number of aliphatic hydroxyl groups is 2. The molecule has 0 spiro atoms. The number of nitrogens with zero attached hydrogens (tertiary/aromatic N) is 1. The van der Waals surface area contributed by atoms with Crippen molar-refractivity contribution >= 4 is 17.6 Å². The zero-order valence-corrected chi connectivity index (χ0v) is 19.1. The molecular formula is C22H36ClN3O3. The van der Waals surface area contributed by atoms with Gasteiger partial charge in [0.15, 0.2) is 0 Å². The summed E-state index contributed by atoms with van der Waals surface area (Å²) < 4.78 is 0. The summed E-state index contributed by atoms with van der Waals surface area (Å²) in [6, 6.07) is 6.62. The molecule has 2 amide bonds. The van der Waals surface area contributed by atoms with Gasteiger partial charge in [-0.15, -0.1) is 0 Å². The highest BCUT2D eigenvalue weighted by Crippen LogP contribution is 2.46. The number of carbonyl (C=O) groups is 1. The van der Waals surface area contributed by atoms with Crippen LogP contribution in [0.15, 0.2) is 24.3 Å². The normalized spacial score (nSPS) is 24.4. The summed E-state index contributed by atoms with van der Waals surface area (Å²) in [5.41, 5.74) is -0.707. The Morgan fingerprint density at radius 1 is 1.14 bits per heavy atom. The molecule has 1 fully saturated rings. The van der Waals surface area contributed by atoms with Crippen LogP contribution in [0.2, 0.25) is 5.02 Å². The summed E-state index contributed by atoms with van der Waals surface area (Å²) in [6.45, 7) is 12.7. The van der Waals surface area contributed by atoms with Crippen molar-refractivity contribution in [2.75, 3.05) is 13.1 Å². The van der Waals surface area contributed by atoms with Crippen molar-refractivity contribution in [1.29, 1.82) is 0 Å². The molecule has 0 bridgehead atoms. The van der Waals surface area contributed by atoms with Crippen molar-refractivity contribution in [1.82, 2.24) is 15.5 Å². The third-order valence-electron chi connectivity index (χ3n) is 5.93. The van der Waals surface area contributed by atoms with Gasteiger partial charge in [-0.05, 0) is 43.9 Å². The highest BCUT2D eigenvalue weighted by molar-refractivity contribution is 6.30. The fourth-order valence-electron chi connectivity index (χ4n) is 4.12. The van der Waals surface area contributed by atoms with Gasteiger partial charge in [-0.3, -0.25) is 4.90 Å². The monoisotopic (exact) mass is 425 g/mol. The number of hydrogen-bond donors (Lipinski definition) is 4. The largest absolute Gasteiger partial charge is 0.385 e. The van der Waals surface area contributed by atoms with E-state index in [1.54, 1.807) is 12.1 Å². The van der Waals surface area contributed by atoms with Gasteiger partial charge in [-0.25, -0.2) is 4.79 Å². The van der Waals surface area contributed by atoms with Crippen LogP contribution in [0.25, 0.3) is 0 Å². The van der Waals surface area contributed by atoms with Crippen LogP contribution in [0.1, 0.15) is 53.5 Å². The number of amides is 2. The van der Waals surface area contributed by atoms with E-state index in [-0.39, 0.29) is 18.0 Å². The van der Waals surface area contributed by atoms with E-state index < -0.39 is 23.3 Å². The molecule has 7 heteroatoms. The number of benzene rings is 1. The lowest BCUT2D eigenvalue weighted by Gasteiger charge is -2.52. The molecule has 1 saturated heterocycles. The summed E-state index contributed by atoms with van der Waals surface area (Å²) in [6.07, 6.45) is -0.372. The lowest BCUT2D eigenvalue weighted by Crippen LogP contribution is -2.63. The molecule has 1 unspecified atom stereocenters. The summed E-state index contributed by atoms with van der Waals surface area (Å²) in [7, 11) is 0. The number of likely N-dealkylation sites (tertiary alicyclic amines) is 1. The topological polar surface area (TPSA) is 84.8 Å². The zero-order valence-electron chi connectivity index (χ0n) is 18.4. The van der Waals surface area contributed by atoms with Gasteiger partial charge in [-0.2, -0.15) is 0 Å². The van der Waals surface area contributed by atoms with Crippen LogP contribution in [0.5, 0.6) is 0 Å². The van der Waals surface area contributed by atoms with Gasteiger partial charge < -0.3 is 20.8 Å². The number of hydrogen-bond acceptors (Lipinski definition) is 4. The Bertz CT molecular complexity index is 693. The Labute approximate surface area is 179 Å². The zero-order chi connectivity index (χ0) is 22.0. The molecule has 0 aromatic heterocycles. The average molecular weight is 426 g/mol. The molecule has 1 aromatic rings. The maximum absolute atomic E-state index is 12.2. The van der Waals surface area contributed by atoms with E-state index in [9.17, 15) is 15.0 Å². The van der Waals surface area contributed by atoms with E-state index >= 15 is 0 Å². The number of halogens is 1. The summed E-state index contributed by atoms with van der Waals surface area (Å²) in [5, 5.41) is 29.0. The van der Waals surface area contributed by atoms with Crippen LogP contribution in [-0.2, 0) is 5.60 Å². The third-order valence-corrected chi connectivity index (χ3v) is 6.18. The summed E-state index contributed by atoms with van der Waals surface area (Å²) >= 11 is 6.01. The smallest absolute Gasteiger partial charge is 0.315 e. The van der Waals surface area contributed by atoms with Crippen LogP contribution in [-0.4, -0.2) is 52.5 Å². The first kappa shape index (κ1) is 23.9. The van der Waals surface area contributed by atoms with Crippen molar-refractivity contribution in [3.8, 4) is 0 Å². The molecule has 0 aliphatic carbocycles. The molecule has 2 rings (SSSR count). The molecule has 0 saturated carbocycles. The van der Waals surface area contributed by atoms with Gasteiger partial charge in [0.05, 0.1) is 11.6 Å². The first-order chi connectivity index (χ1) is 13.4. The second-order valence-electron chi connectivity index (χ2n) is 9.43. The molecule has 1 aromatic carbocycles. The van der Waals surface area contributed by atoms with E-state index in [0.29, 0.717) is 24.5 Å². The Balaban J connectivity index is 2.16. The SMILES string of the molecule is CC(C)NC(=O)N[C@H](C(C)C)C(O)N1CC[C@](O)(c2ccc(Cl)cc2)C(C)(C)C1. The highest BCUT2D eigenvalue weighted by Gasteiger charge is 2.50. The molecule has 1 aliphatic heterocycles. The number of urea groups is 1. The first-order valence-corrected chi connectivity index (χ1v) is 10.7. The molecule has 4 N–H and O–H groups in total. The summed E-state index contributed by atoms with van der Waals surface area (Å²) in [4.78, 5) is 14.1. The molecule has 29 heavy (non-hydrogen) atoms. The van der Waals surface area contributed by atoms with Crippen molar-refractivity contribution in [3.63, 3.8) is 0 Å². The predicted octanol–water partition coefficient (Wildman–Crippen LogP) is 3.31. The van der Waals surface area contributed by atoms with Gasteiger partial charge in [0, 0.05) is 29.6 Å². The van der Waals surface area contributed by atoms with E-state index in [4.69, 9.17) is 11.6 Å². The fraction of sp³-hybridized carbons (Fsp3) is 0.682. The number of piperidine rings is 1. The van der Waals surface area contributed by atoms with Gasteiger partial charge >= 0.3 is 6.03 Å².